The van der Waals surface area contributed by atoms with Gasteiger partial charge < -0.3 is 15.0 Å². The van der Waals surface area contributed by atoms with Crippen LogP contribution < -0.4 is 5.32 Å². The molecule has 0 saturated carbocycles. The molecule has 18 heavy (non-hydrogen) atoms. The van der Waals surface area contributed by atoms with Gasteiger partial charge in [0.25, 0.3) is 0 Å². The number of carbonyl (C=O) groups is 1. The molecule has 0 radical (unpaired) electrons. The summed E-state index contributed by atoms with van der Waals surface area (Å²) in [6.45, 7) is 1.77. The topological polar surface area (TPSA) is 111 Å². The lowest BCUT2D eigenvalue weighted by Gasteiger charge is -2.03. The maximum absolute atomic E-state index is 10.6. The minimum absolute atomic E-state index is 0.0525. The van der Waals surface area contributed by atoms with Crippen LogP contribution in [-0.2, 0) is 20.1 Å². The van der Waals surface area contributed by atoms with Crippen LogP contribution in [0, 0.1) is 0 Å². The summed E-state index contributed by atoms with van der Waals surface area (Å²) in [5.41, 5.74) is -0.0525. The summed E-state index contributed by atoms with van der Waals surface area (Å²) >= 11 is 0. The summed E-state index contributed by atoms with van der Waals surface area (Å²) in [4.78, 5) is 10.6. The molecule has 0 saturated heterocycles. The van der Waals surface area contributed by atoms with Crippen LogP contribution in [0.3, 0.4) is 0 Å². The highest BCUT2D eigenvalue weighted by Crippen LogP contribution is 1.93. The van der Waals surface area contributed by atoms with Gasteiger partial charge in [-0.05, 0) is 0 Å². The largest absolute Gasteiger partial charge is 0.476 e. The molecular weight excluding hydrogens is 238 g/mol. The highest BCUT2D eigenvalue weighted by atomic mass is 16.4. The first kappa shape index (κ1) is 12.2. The molecule has 2 N–H and O–H groups in total. The molecule has 0 aromatic carbocycles. The number of carboxylic acids is 1. The number of aryl methyl sites for hydroxylation is 1. The van der Waals surface area contributed by atoms with Crippen molar-refractivity contribution in [2.24, 2.45) is 7.05 Å². The van der Waals surface area contributed by atoms with Gasteiger partial charge in [-0.15, -0.1) is 15.3 Å². The number of carboxylic acid groups (broad SMARTS) is 1. The van der Waals surface area contributed by atoms with Crippen molar-refractivity contribution in [1.29, 1.82) is 0 Å². The Morgan fingerprint density at radius 2 is 2.33 bits per heavy atom. The molecule has 0 amide bonds. The monoisotopic (exact) mass is 251 g/mol. The number of rotatable bonds is 6. The summed E-state index contributed by atoms with van der Waals surface area (Å²) in [5.74, 6) is -0.242. The molecular formula is C9H13N7O2. The first-order valence-electron chi connectivity index (χ1n) is 5.34. The van der Waals surface area contributed by atoms with Gasteiger partial charge >= 0.3 is 5.97 Å². The molecule has 0 aliphatic carbocycles. The van der Waals surface area contributed by atoms with E-state index in [0.29, 0.717) is 19.6 Å². The van der Waals surface area contributed by atoms with Crippen molar-refractivity contribution < 1.29 is 9.90 Å². The SMILES string of the molecule is Cn1cnnc1CNCCn1cc(C(=O)O)nn1. The Kier molecular flexibility index (Phi) is 3.63. The summed E-state index contributed by atoms with van der Waals surface area (Å²) in [6, 6.07) is 0. The Labute approximate surface area is 102 Å². The van der Waals surface area contributed by atoms with Crippen molar-refractivity contribution in [3.63, 3.8) is 0 Å². The van der Waals surface area contributed by atoms with Gasteiger partial charge in [-0.2, -0.15) is 0 Å². The maximum Gasteiger partial charge on any atom is 0.358 e. The highest BCUT2D eigenvalue weighted by molar-refractivity contribution is 5.84. The molecule has 0 fully saturated rings. The van der Waals surface area contributed by atoms with Crippen LogP contribution in [0.5, 0.6) is 0 Å². The molecule has 2 heterocycles. The lowest BCUT2D eigenvalue weighted by Crippen LogP contribution is -2.21. The standard InChI is InChI=1S/C9H13N7O2/c1-15-6-11-13-8(15)4-10-2-3-16-5-7(9(17)18)12-14-16/h5-6,10H,2-4H2,1H3,(H,17,18). The van der Waals surface area contributed by atoms with E-state index in [1.165, 1.54) is 10.9 Å². The van der Waals surface area contributed by atoms with E-state index < -0.39 is 5.97 Å². The van der Waals surface area contributed by atoms with Crippen LogP contribution in [0.15, 0.2) is 12.5 Å². The van der Waals surface area contributed by atoms with Crippen LogP contribution in [-0.4, -0.2) is 47.4 Å². The van der Waals surface area contributed by atoms with Crippen molar-refractivity contribution in [1.82, 2.24) is 35.1 Å². The quantitative estimate of drug-likeness (QED) is 0.626. The molecule has 0 aliphatic heterocycles. The van der Waals surface area contributed by atoms with Crippen molar-refractivity contribution in [3.8, 4) is 0 Å². The Morgan fingerprint density at radius 3 is 2.94 bits per heavy atom. The van der Waals surface area contributed by atoms with Gasteiger partial charge in [0.15, 0.2) is 5.69 Å². The summed E-state index contributed by atoms with van der Waals surface area (Å²) < 4.78 is 3.30. The minimum atomic E-state index is -1.08. The molecule has 0 spiro atoms. The Morgan fingerprint density at radius 1 is 1.50 bits per heavy atom. The van der Waals surface area contributed by atoms with Gasteiger partial charge in [0.1, 0.15) is 12.2 Å². The third kappa shape index (κ3) is 2.88. The van der Waals surface area contributed by atoms with Gasteiger partial charge in [0, 0.05) is 13.6 Å². The fourth-order valence-electron chi connectivity index (χ4n) is 1.37. The molecule has 0 atom stereocenters. The predicted octanol–water partition coefficient (Wildman–Crippen LogP) is -1.11. The molecule has 9 nitrogen and oxygen atoms in total. The zero-order valence-corrected chi connectivity index (χ0v) is 9.81. The van der Waals surface area contributed by atoms with E-state index in [2.05, 4.69) is 25.8 Å². The minimum Gasteiger partial charge on any atom is -0.476 e. The molecule has 2 aromatic heterocycles. The molecule has 0 bridgehead atoms. The van der Waals surface area contributed by atoms with Crippen molar-refractivity contribution >= 4 is 5.97 Å². The molecule has 2 aromatic rings. The fraction of sp³-hybridized carbons (Fsp3) is 0.444. The molecule has 96 valence electrons. The van der Waals surface area contributed by atoms with Crippen LogP contribution >= 0.6 is 0 Å². The number of aromatic carboxylic acids is 1. The summed E-state index contributed by atoms with van der Waals surface area (Å²) in [5, 5.41) is 26.7. The fourth-order valence-corrected chi connectivity index (χ4v) is 1.37. The predicted molar refractivity (Wildman–Crippen MR) is 59.7 cm³/mol. The molecule has 0 unspecified atom stereocenters. The van der Waals surface area contributed by atoms with E-state index in [1.807, 2.05) is 11.6 Å². The average Bonchev–Trinajstić information content (AvgIpc) is 2.94. The molecule has 2 rings (SSSR count). The van der Waals surface area contributed by atoms with Crippen molar-refractivity contribution in [2.45, 2.75) is 13.1 Å². The second kappa shape index (κ2) is 5.36. The summed E-state index contributed by atoms with van der Waals surface area (Å²) in [6.07, 6.45) is 3.03. The van der Waals surface area contributed by atoms with Crippen molar-refractivity contribution in [3.05, 3.63) is 24.0 Å². The number of hydrogen-bond acceptors (Lipinski definition) is 6. The Hall–Kier alpha value is -2.29. The Bertz CT molecular complexity index is 533. The lowest BCUT2D eigenvalue weighted by molar-refractivity contribution is 0.0690. The van der Waals surface area contributed by atoms with E-state index in [4.69, 9.17) is 5.11 Å². The molecule has 9 heteroatoms. The van der Waals surface area contributed by atoms with E-state index in [-0.39, 0.29) is 5.69 Å². The van der Waals surface area contributed by atoms with Crippen molar-refractivity contribution in [2.75, 3.05) is 6.54 Å². The third-order valence-corrected chi connectivity index (χ3v) is 2.36. The first-order valence-corrected chi connectivity index (χ1v) is 5.34. The average molecular weight is 251 g/mol. The van der Waals surface area contributed by atoms with Gasteiger partial charge in [0.05, 0.1) is 19.3 Å². The zero-order chi connectivity index (χ0) is 13.0. The number of nitrogens with one attached hydrogen (secondary N) is 1. The smallest absolute Gasteiger partial charge is 0.358 e. The zero-order valence-electron chi connectivity index (χ0n) is 9.81. The highest BCUT2D eigenvalue weighted by Gasteiger charge is 2.07. The van der Waals surface area contributed by atoms with Gasteiger partial charge in [-0.1, -0.05) is 5.21 Å². The van der Waals surface area contributed by atoms with Crippen LogP contribution in [0.2, 0.25) is 0 Å². The second-order valence-electron chi connectivity index (χ2n) is 3.71. The van der Waals surface area contributed by atoms with E-state index >= 15 is 0 Å². The third-order valence-electron chi connectivity index (χ3n) is 2.36. The maximum atomic E-state index is 10.6. The van der Waals surface area contributed by atoms with Gasteiger partial charge in [-0.3, -0.25) is 4.68 Å². The first-order chi connectivity index (χ1) is 8.66. The van der Waals surface area contributed by atoms with Crippen LogP contribution in [0.25, 0.3) is 0 Å². The number of nitrogens with zero attached hydrogens (tertiary/aromatic N) is 6. The molecule has 0 aliphatic rings. The van der Waals surface area contributed by atoms with Crippen LogP contribution in [0.4, 0.5) is 0 Å². The van der Waals surface area contributed by atoms with E-state index in [0.717, 1.165) is 5.82 Å². The number of aromatic nitrogens is 6. The van der Waals surface area contributed by atoms with E-state index in [9.17, 15) is 4.79 Å². The normalized spacial score (nSPS) is 10.7. The second-order valence-corrected chi connectivity index (χ2v) is 3.71. The van der Waals surface area contributed by atoms with Gasteiger partial charge in [-0.25, -0.2) is 4.79 Å². The van der Waals surface area contributed by atoms with Gasteiger partial charge in [0.2, 0.25) is 0 Å². The van der Waals surface area contributed by atoms with Crippen LogP contribution in [0.1, 0.15) is 16.3 Å². The lowest BCUT2D eigenvalue weighted by atomic mass is 10.5. The van der Waals surface area contributed by atoms with E-state index in [1.54, 1.807) is 6.33 Å². The number of hydrogen-bond donors (Lipinski definition) is 2. The Balaban J connectivity index is 1.75. The summed E-state index contributed by atoms with van der Waals surface area (Å²) in [7, 11) is 1.87.